The van der Waals surface area contributed by atoms with Gasteiger partial charge in [0.15, 0.2) is 17.8 Å². The van der Waals surface area contributed by atoms with Gasteiger partial charge in [0.25, 0.3) is 5.91 Å². The van der Waals surface area contributed by atoms with Crippen molar-refractivity contribution in [3.8, 4) is 11.5 Å². The van der Waals surface area contributed by atoms with E-state index in [9.17, 15) is 14.4 Å². The van der Waals surface area contributed by atoms with Gasteiger partial charge in [-0.3, -0.25) is 19.4 Å². The summed E-state index contributed by atoms with van der Waals surface area (Å²) in [7, 11) is 3.25. The Balaban J connectivity index is 1.61. The van der Waals surface area contributed by atoms with Gasteiger partial charge in [-0.1, -0.05) is 0 Å². The highest BCUT2D eigenvalue weighted by Crippen LogP contribution is 2.37. The van der Waals surface area contributed by atoms with Crippen LogP contribution in [0.15, 0.2) is 29.4 Å². The highest BCUT2D eigenvalue weighted by Gasteiger charge is 2.26. The molecule has 0 fully saturated rings. The Kier molecular flexibility index (Phi) is 7.29. The minimum absolute atomic E-state index is 0.104. The van der Waals surface area contributed by atoms with E-state index in [4.69, 9.17) is 9.47 Å². The lowest BCUT2D eigenvalue weighted by atomic mass is 10.1. The first-order valence-electron chi connectivity index (χ1n) is 10.5. The number of aromatic nitrogens is 1. The van der Waals surface area contributed by atoms with Crippen LogP contribution in [0.1, 0.15) is 47.5 Å². The van der Waals surface area contributed by atoms with Gasteiger partial charge in [0.05, 0.1) is 42.4 Å². The number of aliphatic imine (C=N–C) groups is 1. The fraction of sp³-hybridized carbons (Fsp3) is 0.391. The van der Waals surface area contributed by atoms with Crippen LogP contribution in [0.4, 0.5) is 11.4 Å². The zero-order valence-electron chi connectivity index (χ0n) is 18.8. The van der Waals surface area contributed by atoms with Gasteiger partial charge in [-0.05, 0) is 32.4 Å². The minimum Gasteiger partial charge on any atom is -0.493 e. The molecule has 1 aromatic carbocycles. The zero-order chi connectivity index (χ0) is 23.3. The maximum Gasteiger partial charge on any atom is 0.256 e. The van der Waals surface area contributed by atoms with E-state index < -0.39 is 0 Å². The number of aryl methyl sites for hydroxylation is 1. The van der Waals surface area contributed by atoms with Gasteiger partial charge in [-0.25, -0.2) is 0 Å². The number of carbonyl (C=O) groups excluding carboxylic acids is 3. The second kappa shape index (κ2) is 10.1. The standard InChI is InChI=1S/C23H28N4O5/c1-5-27-15(2)12-24-19-11-21(20(31-4)10-18(19)23(27)30)32-8-6-7-22(29)25-16-9-17(14-28)26(3)13-16/h9-15H,5-8H2,1-4H3,(H,25,29)/t15-/m0/s1. The number of carbonyl (C=O) groups is 3. The van der Waals surface area contributed by atoms with Gasteiger partial charge in [0.1, 0.15) is 0 Å². The third-order valence-electron chi connectivity index (χ3n) is 5.29. The highest BCUT2D eigenvalue weighted by molar-refractivity contribution is 6.03. The molecule has 170 valence electrons. The van der Waals surface area contributed by atoms with Gasteiger partial charge in [0.2, 0.25) is 5.91 Å². The molecule has 0 bridgehead atoms. The number of amides is 2. The SMILES string of the molecule is CCN1C(=O)c2cc(OC)c(OCCCC(=O)Nc3cc(C=O)n(C)c3)cc2N=C[C@@H]1C. The van der Waals surface area contributed by atoms with Gasteiger partial charge in [-0.15, -0.1) is 0 Å². The third kappa shape index (κ3) is 4.99. The Bertz CT molecular complexity index is 1040. The molecule has 2 heterocycles. The van der Waals surface area contributed by atoms with Crippen molar-refractivity contribution in [3.63, 3.8) is 0 Å². The Morgan fingerprint density at radius 2 is 2.06 bits per heavy atom. The first kappa shape index (κ1) is 23.1. The molecule has 1 aromatic heterocycles. The highest BCUT2D eigenvalue weighted by atomic mass is 16.5. The molecular weight excluding hydrogens is 412 g/mol. The number of methoxy groups -OCH3 is 1. The van der Waals surface area contributed by atoms with Crippen molar-refractivity contribution in [3.05, 3.63) is 35.7 Å². The Morgan fingerprint density at radius 1 is 1.28 bits per heavy atom. The maximum absolute atomic E-state index is 12.9. The summed E-state index contributed by atoms with van der Waals surface area (Å²) in [4.78, 5) is 42.1. The Hall–Kier alpha value is -3.62. The van der Waals surface area contributed by atoms with Gasteiger partial charge in [-0.2, -0.15) is 0 Å². The molecule has 1 atom stereocenters. The van der Waals surface area contributed by atoms with Gasteiger partial charge in [0, 0.05) is 38.5 Å². The second-order valence-electron chi connectivity index (χ2n) is 7.51. The van der Waals surface area contributed by atoms with Crippen molar-refractivity contribution in [2.24, 2.45) is 12.0 Å². The first-order valence-corrected chi connectivity index (χ1v) is 10.5. The summed E-state index contributed by atoms with van der Waals surface area (Å²) in [6, 6.07) is 4.85. The summed E-state index contributed by atoms with van der Waals surface area (Å²) in [5.41, 5.74) is 2.05. The molecule has 2 amide bonds. The normalized spacial score (nSPS) is 15.2. The van der Waals surface area contributed by atoms with Crippen LogP contribution in [0.2, 0.25) is 0 Å². The topological polar surface area (TPSA) is 102 Å². The van der Waals surface area contributed by atoms with E-state index in [1.54, 1.807) is 47.1 Å². The number of anilines is 1. The Labute approximate surface area is 187 Å². The molecule has 0 radical (unpaired) electrons. The van der Waals surface area contributed by atoms with Crippen molar-refractivity contribution >= 4 is 35.7 Å². The van der Waals surface area contributed by atoms with E-state index in [1.807, 2.05) is 13.8 Å². The molecule has 9 heteroatoms. The number of benzene rings is 1. The van der Waals surface area contributed by atoms with E-state index in [0.29, 0.717) is 47.1 Å². The van der Waals surface area contributed by atoms with Crippen LogP contribution in [-0.2, 0) is 11.8 Å². The third-order valence-corrected chi connectivity index (χ3v) is 5.29. The van der Waals surface area contributed by atoms with Crippen molar-refractivity contribution in [2.45, 2.75) is 32.7 Å². The number of rotatable bonds is 9. The number of hydrogen-bond acceptors (Lipinski definition) is 6. The molecule has 9 nitrogen and oxygen atoms in total. The van der Waals surface area contributed by atoms with Crippen molar-refractivity contribution in [1.29, 1.82) is 0 Å². The number of nitrogens with zero attached hydrogens (tertiary/aromatic N) is 3. The van der Waals surface area contributed by atoms with Crippen LogP contribution in [0.25, 0.3) is 0 Å². The average Bonchev–Trinajstić information content (AvgIpc) is 3.08. The number of hydrogen-bond donors (Lipinski definition) is 1. The lowest BCUT2D eigenvalue weighted by Crippen LogP contribution is -2.38. The van der Waals surface area contributed by atoms with Gasteiger partial charge < -0.3 is 24.3 Å². The Morgan fingerprint density at radius 3 is 2.72 bits per heavy atom. The minimum atomic E-state index is -0.172. The van der Waals surface area contributed by atoms with E-state index in [0.717, 1.165) is 6.29 Å². The number of ether oxygens (including phenoxy) is 2. The molecule has 32 heavy (non-hydrogen) atoms. The van der Waals surface area contributed by atoms with Crippen LogP contribution < -0.4 is 14.8 Å². The smallest absolute Gasteiger partial charge is 0.256 e. The fourth-order valence-corrected chi connectivity index (χ4v) is 3.54. The summed E-state index contributed by atoms with van der Waals surface area (Å²) >= 11 is 0. The van der Waals surface area contributed by atoms with Crippen LogP contribution in [0, 0.1) is 0 Å². The first-order chi connectivity index (χ1) is 15.4. The molecular formula is C23H28N4O5. The number of aldehydes is 1. The summed E-state index contributed by atoms with van der Waals surface area (Å²) in [5.74, 6) is 0.628. The van der Waals surface area contributed by atoms with Crippen LogP contribution in [0.3, 0.4) is 0 Å². The lowest BCUT2D eigenvalue weighted by molar-refractivity contribution is -0.116. The van der Waals surface area contributed by atoms with Gasteiger partial charge >= 0.3 is 0 Å². The van der Waals surface area contributed by atoms with E-state index in [-0.39, 0.29) is 30.9 Å². The predicted octanol–water partition coefficient (Wildman–Crippen LogP) is 3.21. The van der Waals surface area contributed by atoms with Crippen molar-refractivity contribution in [2.75, 3.05) is 25.6 Å². The summed E-state index contributed by atoms with van der Waals surface area (Å²) in [6.45, 7) is 4.71. The molecule has 0 saturated heterocycles. The van der Waals surface area contributed by atoms with Crippen LogP contribution in [0.5, 0.6) is 11.5 Å². The largest absolute Gasteiger partial charge is 0.493 e. The fourth-order valence-electron chi connectivity index (χ4n) is 3.54. The molecule has 1 N–H and O–H groups in total. The quantitative estimate of drug-likeness (QED) is 0.477. The molecule has 1 aliphatic heterocycles. The predicted molar refractivity (Wildman–Crippen MR) is 121 cm³/mol. The van der Waals surface area contributed by atoms with E-state index >= 15 is 0 Å². The van der Waals surface area contributed by atoms with Crippen LogP contribution >= 0.6 is 0 Å². The monoisotopic (exact) mass is 440 g/mol. The molecule has 3 rings (SSSR count). The summed E-state index contributed by atoms with van der Waals surface area (Å²) in [6.07, 6.45) is 4.88. The molecule has 0 spiro atoms. The summed E-state index contributed by atoms with van der Waals surface area (Å²) < 4.78 is 12.9. The zero-order valence-corrected chi connectivity index (χ0v) is 18.8. The lowest BCUT2D eigenvalue weighted by Gasteiger charge is -2.24. The molecule has 0 aliphatic carbocycles. The van der Waals surface area contributed by atoms with Crippen molar-refractivity contribution < 1.29 is 23.9 Å². The van der Waals surface area contributed by atoms with E-state index in [1.165, 1.54) is 7.11 Å². The molecule has 0 saturated carbocycles. The van der Waals surface area contributed by atoms with Crippen molar-refractivity contribution in [1.82, 2.24) is 9.47 Å². The molecule has 0 unspecified atom stereocenters. The second-order valence-corrected chi connectivity index (χ2v) is 7.51. The molecule has 1 aliphatic rings. The molecule has 2 aromatic rings. The van der Waals surface area contributed by atoms with E-state index in [2.05, 4.69) is 10.3 Å². The average molecular weight is 441 g/mol. The number of fused-ring (bicyclic) bond motifs is 1. The number of nitrogens with one attached hydrogen (secondary N) is 1. The summed E-state index contributed by atoms with van der Waals surface area (Å²) in [5, 5.41) is 2.77. The van der Waals surface area contributed by atoms with Crippen LogP contribution in [-0.4, -0.2) is 60.1 Å². The maximum atomic E-state index is 12.9.